The molecule has 0 N–H and O–H groups in total. The third-order valence-electron chi connectivity index (χ3n) is 1.67. The van der Waals surface area contributed by atoms with Gasteiger partial charge in [0.05, 0.1) is 11.3 Å². The van der Waals surface area contributed by atoms with Crippen molar-refractivity contribution in [2.75, 3.05) is 0 Å². The number of aryl methyl sites for hydroxylation is 1. The molecule has 0 spiro atoms. The molecule has 0 saturated heterocycles. The molecule has 74 valence electrons. The molecular weight excluding hydrogens is 210 g/mol. The van der Waals surface area contributed by atoms with Crippen LogP contribution in [0.25, 0.3) is 0 Å². The normalized spacial score (nSPS) is 9.87. The summed E-state index contributed by atoms with van der Waals surface area (Å²) in [7, 11) is 0. The maximum atomic E-state index is 8.85. The van der Waals surface area contributed by atoms with Crippen molar-refractivity contribution in [2.24, 2.45) is 0 Å². The van der Waals surface area contributed by atoms with Gasteiger partial charge in [-0.15, -0.1) is 0 Å². The molecule has 2 rings (SSSR count). The average Bonchev–Trinajstić information content (AvgIpc) is 2.65. The summed E-state index contributed by atoms with van der Waals surface area (Å²) < 4.78 is 5.17. The average molecular weight is 217 g/mol. The molecule has 2 aromatic rings. The number of hydrogen-bond donors (Lipinski definition) is 0. The summed E-state index contributed by atoms with van der Waals surface area (Å²) in [5.74, 6) is 0. The van der Waals surface area contributed by atoms with E-state index in [4.69, 9.17) is 9.68 Å². The Hall–Kier alpha value is -1.80. The molecule has 5 heteroatoms. The van der Waals surface area contributed by atoms with Crippen LogP contribution < -0.4 is 0 Å². The number of pyridine rings is 1. The molecule has 0 aliphatic rings. The second-order valence-corrected chi connectivity index (χ2v) is 3.76. The molecule has 0 aromatic carbocycles. The molecule has 2 heterocycles. The van der Waals surface area contributed by atoms with E-state index in [2.05, 4.69) is 16.0 Å². The first kappa shape index (κ1) is 9.74. The van der Waals surface area contributed by atoms with Gasteiger partial charge in [0, 0.05) is 6.20 Å². The van der Waals surface area contributed by atoms with Crippen molar-refractivity contribution in [3.05, 3.63) is 35.9 Å². The zero-order valence-corrected chi connectivity index (χ0v) is 8.78. The van der Waals surface area contributed by atoms with Crippen LogP contribution >= 0.6 is 11.8 Å². The predicted octanol–water partition coefficient (Wildman–Crippen LogP) is 2.40. The van der Waals surface area contributed by atoms with Gasteiger partial charge in [0.1, 0.15) is 17.4 Å². The molecule has 0 fully saturated rings. The Labute approximate surface area is 91.0 Å². The fourth-order valence-electron chi connectivity index (χ4n) is 1.02. The van der Waals surface area contributed by atoms with E-state index in [-0.39, 0.29) is 0 Å². The highest BCUT2D eigenvalue weighted by Crippen LogP contribution is 2.27. The molecule has 0 radical (unpaired) electrons. The van der Waals surface area contributed by atoms with Gasteiger partial charge in [0.25, 0.3) is 5.22 Å². The van der Waals surface area contributed by atoms with Crippen LogP contribution in [-0.2, 0) is 0 Å². The first-order valence-electron chi connectivity index (χ1n) is 4.24. The largest absolute Gasteiger partial charge is 0.439 e. The van der Waals surface area contributed by atoms with E-state index < -0.39 is 0 Å². The summed E-state index contributed by atoms with van der Waals surface area (Å²) in [4.78, 5) is 8.22. The van der Waals surface area contributed by atoms with Crippen molar-refractivity contribution >= 4 is 11.8 Å². The number of rotatable bonds is 2. The highest BCUT2D eigenvalue weighted by molar-refractivity contribution is 7.99. The lowest BCUT2D eigenvalue weighted by Crippen LogP contribution is -1.85. The Morgan fingerprint density at radius 2 is 2.40 bits per heavy atom. The summed E-state index contributed by atoms with van der Waals surface area (Å²) in [5, 5.41) is 9.96. The lowest BCUT2D eigenvalue weighted by Gasteiger charge is -1.97. The maximum absolute atomic E-state index is 8.85. The molecule has 0 saturated carbocycles. The van der Waals surface area contributed by atoms with Gasteiger partial charge in [-0.25, -0.2) is 9.97 Å². The summed E-state index contributed by atoms with van der Waals surface area (Å²) in [6.45, 7) is 1.84. The Morgan fingerprint density at radius 3 is 3.07 bits per heavy atom. The van der Waals surface area contributed by atoms with Gasteiger partial charge in [-0.3, -0.25) is 0 Å². The van der Waals surface area contributed by atoms with E-state index >= 15 is 0 Å². The lowest BCUT2D eigenvalue weighted by molar-refractivity contribution is 0.453. The summed E-state index contributed by atoms with van der Waals surface area (Å²) in [5.41, 5.74) is 1.34. The third kappa shape index (κ3) is 2.17. The second-order valence-electron chi connectivity index (χ2n) is 2.82. The quantitative estimate of drug-likeness (QED) is 0.772. The Morgan fingerprint density at radius 1 is 1.53 bits per heavy atom. The summed E-state index contributed by atoms with van der Waals surface area (Å²) in [6.07, 6.45) is 3.20. The van der Waals surface area contributed by atoms with Crippen LogP contribution in [-0.4, -0.2) is 9.97 Å². The van der Waals surface area contributed by atoms with E-state index in [1.165, 1.54) is 11.8 Å². The zero-order chi connectivity index (χ0) is 10.7. The molecule has 0 amide bonds. The van der Waals surface area contributed by atoms with Crippen LogP contribution in [0, 0.1) is 18.3 Å². The smallest absolute Gasteiger partial charge is 0.262 e. The lowest BCUT2D eigenvalue weighted by atomic mass is 10.3. The van der Waals surface area contributed by atoms with Crippen molar-refractivity contribution in [2.45, 2.75) is 17.2 Å². The fraction of sp³-hybridized carbons (Fsp3) is 0.100. The topological polar surface area (TPSA) is 62.7 Å². The maximum Gasteiger partial charge on any atom is 0.262 e. The minimum absolute atomic E-state index is 0.503. The minimum Gasteiger partial charge on any atom is -0.439 e. The fourth-order valence-corrected chi connectivity index (χ4v) is 1.81. The highest BCUT2D eigenvalue weighted by atomic mass is 32.2. The third-order valence-corrected chi connectivity index (χ3v) is 2.55. The number of oxazole rings is 1. The molecule has 0 aliphatic heterocycles. The molecule has 0 unspecified atom stereocenters. The van der Waals surface area contributed by atoms with Crippen molar-refractivity contribution in [3.8, 4) is 6.07 Å². The molecule has 2 aromatic heterocycles. The molecule has 4 nitrogen and oxygen atoms in total. The monoisotopic (exact) mass is 217 g/mol. The molecular formula is C10H7N3OS. The Balaban J connectivity index is 2.28. The number of nitrogens with zero attached hydrogens (tertiary/aromatic N) is 3. The number of hydrogen-bond acceptors (Lipinski definition) is 5. The number of aromatic nitrogens is 2. The first-order chi connectivity index (χ1) is 7.29. The molecule has 0 aliphatic carbocycles. The number of nitriles is 1. The van der Waals surface area contributed by atoms with E-state index in [0.29, 0.717) is 15.8 Å². The van der Waals surface area contributed by atoms with Gasteiger partial charge in [0.2, 0.25) is 0 Å². The minimum atomic E-state index is 0.503. The van der Waals surface area contributed by atoms with Gasteiger partial charge >= 0.3 is 0 Å². The summed E-state index contributed by atoms with van der Waals surface area (Å²) in [6, 6.07) is 5.51. The van der Waals surface area contributed by atoms with Crippen LogP contribution in [0.15, 0.2) is 39.3 Å². The van der Waals surface area contributed by atoms with E-state index in [1.807, 2.05) is 6.92 Å². The van der Waals surface area contributed by atoms with Crippen LogP contribution in [0.1, 0.15) is 11.3 Å². The van der Waals surface area contributed by atoms with Crippen molar-refractivity contribution in [1.82, 2.24) is 9.97 Å². The van der Waals surface area contributed by atoms with Crippen molar-refractivity contribution in [1.29, 1.82) is 5.26 Å². The first-order valence-corrected chi connectivity index (χ1v) is 5.06. The van der Waals surface area contributed by atoms with E-state index in [1.54, 1.807) is 24.6 Å². The van der Waals surface area contributed by atoms with E-state index in [0.717, 1.165) is 5.69 Å². The van der Waals surface area contributed by atoms with Gasteiger partial charge in [-0.05, 0) is 30.8 Å². The highest BCUT2D eigenvalue weighted by Gasteiger charge is 2.08. The molecule has 15 heavy (non-hydrogen) atoms. The SMILES string of the molecule is Cc1coc(Sc2ncccc2C#N)n1. The standard InChI is InChI=1S/C10H7N3OS/c1-7-6-14-10(13-7)15-9-8(5-11)3-2-4-12-9/h2-4,6H,1H3. The second kappa shape index (κ2) is 4.15. The van der Waals surface area contributed by atoms with Crippen molar-refractivity contribution < 1.29 is 4.42 Å². The van der Waals surface area contributed by atoms with Crippen molar-refractivity contribution in [3.63, 3.8) is 0 Å². The van der Waals surface area contributed by atoms with E-state index in [9.17, 15) is 0 Å². The van der Waals surface area contributed by atoms with Gasteiger partial charge in [-0.1, -0.05) is 0 Å². The Kier molecular flexibility index (Phi) is 2.70. The molecule has 0 atom stereocenters. The van der Waals surface area contributed by atoms with Crippen LogP contribution in [0.3, 0.4) is 0 Å². The van der Waals surface area contributed by atoms with Crippen LogP contribution in [0.5, 0.6) is 0 Å². The summed E-state index contributed by atoms with van der Waals surface area (Å²) >= 11 is 1.25. The van der Waals surface area contributed by atoms with Crippen LogP contribution in [0.2, 0.25) is 0 Å². The van der Waals surface area contributed by atoms with Gasteiger partial charge in [-0.2, -0.15) is 5.26 Å². The molecule has 0 bridgehead atoms. The zero-order valence-electron chi connectivity index (χ0n) is 7.97. The predicted molar refractivity (Wildman–Crippen MR) is 54.3 cm³/mol. The van der Waals surface area contributed by atoms with Gasteiger partial charge in [0.15, 0.2) is 0 Å². The Bertz CT molecular complexity index is 515. The van der Waals surface area contributed by atoms with Gasteiger partial charge < -0.3 is 4.42 Å². The van der Waals surface area contributed by atoms with Crippen LogP contribution in [0.4, 0.5) is 0 Å².